The van der Waals surface area contributed by atoms with Crippen molar-refractivity contribution in [1.82, 2.24) is 16.0 Å². The van der Waals surface area contributed by atoms with E-state index in [0.29, 0.717) is 26.0 Å². The molecule has 122 valence electrons. The molecule has 0 aliphatic carbocycles. The van der Waals surface area contributed by atoms with Gasteiger partial charge in [0.2, 0.25) is 5.91 Å². The maximum Gasteiger partial charge on any atom is 0.315 e. The lowest BCUT2D eigenvalue weighted by Gasteiger charge is -2.14. The van der Waals surface area contributed by atoms with Gasteiger partial charge in [-0.05, 0) is 19.8 Å². The van der Waals surface area contributed by atoms with Crippen molar-refractivity contribution >= 4 is 17.9 Å². The van der Waals surface area contributed by atoms with Crippen LogP contribution in [-0.4, -0.2) is 55.9 Å². The molecule has 1 atom stereocenters. The summed E-state index contributed by atoms with van der Waals surface area (Å²) < 4.78 is 4.79. The average Bonchev–Trinajstić information content (AvgIpc) is 2.38. The number of carbonyl (C=O) groups is 3. The molecule has 0 aliphatic heterocycles. The monoisotopic (exact) mass is 303 g/mol. The SMILES string of the molecule is COCCNC(=O)CCNC(=O)NC(C)CCCC(=O)O. The number of ether oxygens (including phenoxy) is 1. The highest BCUT2D eigenvalue weighted by Crippen LogP contribution is 2.00. The van der Waals surface area contributed by atoms with Gasteiger partial charge in [0, 0.05) is 39.1 Å². The highest BCUT2D eigenvalue weighted by molar-refractivity contribution is 5.78. The van der Waals surface area contributed by atoms with E-state index in [-0.39, 0.29) is 37.4 Å². The molecule has 0 saturated carbocycles. The number of carboxylic acid groups (broad SMARTS) is 1. The molecule has 0 aromatic heterocycles. The van der Waals surface area contributed by atoms with E-state index < -0.39 is 5.97 Å². The number of hydrogen-bond acceptors (Lipinski definition) is 4. The third-order valence-electron chi connectivity index (χ3n) is 2.67. The van der Waals surface area contributed by atoms with Crippen LogP contribution >= 0.6 is 0 Å². The van der Waals surface area contributed by atoms with Gasteiger partial charge in [-0.15, -0.1) is 0 Å². The highest BCUT2D eigenvalue weighted by atomic mass is 16.5. The second-order valence-electron chi connectivity index (χ2n) is 4.68. The molecule has 21 heavy (non-hydrogen) atoms. The van der Waals surface area contributed by atoms with E-state index in [1.54, 1.807) is 14.0 Å². The quantitative estimate of drug-likeness (QED) is 0.403. The zero-order chi connectivity index (χ0) is 16.1. The van der Waals surface area contributed by atoms with E-state index in [1.165, 1.54) is 0 Å². The first-order valence-electron chi connectivity index (χ1n) is 6.97. The van der Waals surface area contributed by atoms with Gasteiger partial charge in [0.05, 0.1) is 6.61 Å². The summed E-state index contributed by atoms with van der Waals surface area (Å²) in [6, 6.07) is -0.470. The summed E-state index contributed by atoms with van der Waals surface area (Å²) >= 11 is 0. The van der Waals surface area contributed by atoms with Crippen molar-refractivity contribution < 1.29 is 24.2 Å². The third kappa shape index (κ3) is 12.9. The van der Waals surface area contributed by atoms with Crippen LogP contribution in [0.5, 0.6) is 0 Å². The molecular formula is C13H25N3O5. The van der Waals surface area contributed by atoms with Crippen molar-refractivity contribution in [2.75, 3.05) is 26.8 Å². The van der Waals surface area contributed by atoms with Crippen LogP contribution < -0.4 is 16.0 Å². The zero-order valence-corrected chi connectivity index (χ0v) is 12.6. The van der Waals surface area contributed by atoms with Gasteiger partial charge in [-0.3, -0.25) is 9.59 Å². The predicted molar refractivity (Wildman–Crippen MR) is 77.0 cm³/mol. The molecule has 0 aromatic carbocycles. The Morgan fingerprint density at radius 2 is 1.86 bits per heavy atom. The minimum absolute atomic E-state index is 0.0925. The molecule has 8 nitrogen and oxygen atoms in total. The normalized spacial score (nSPS) is 11.5. The smallest absolute Gasteiger partial charge is 0.315 e. The summed E-state index contributed by atoms with van der Waals surface area (Å²) in [4.78, 5) is 33.2. The van der Waals surface area contributed by atoms with E-state index in [1.807, 2.05) is 0 Å². The van der Waals surface area contributed by atoms with Crippen LogP contribution in [0.2, 0.25) is 0 Å². The number of carbonyl (C=O) groups excluding carboxylic acids is 2. The highest BCUT2D eigenvalue weighted by Gasteiger charge is 2.08. The lowest BCUT2D eigenvalue weighted by molar-refractivity contribution is -0.137. The van der Waals surface area contributed by atoms with Crippen molar-refractivity contribution in [3.8, 4) is 0 Å². The maximum absolute atomic E-state index is 11.5. The van der Waals surface area contributed by atoms with E-state index in [9.17, 15) is 14.4 Å². The van der Waals surface area contributed by atoms with Crippen molar-refractivity contribution in [2.24, 2.45) is 0 Å². The predicted octanol–water partition coefficient (Wildman–Crippen LogP) is 0.0817. The molecule has 0 bridgehead atoms. The minimum Gasteiger partial charge on any atom is -0.481 e. The van der Waals surface area contributed by atoms with E-state index in [2.05, 4.69) is 16.0 Å². The topological polar surface area (TPSA) is 117 Å². The van der Waals surface area contributed by atoms with Crippen LogP contribution in [-0.2, 0) is 14.3 Å². The number of amides is 3. The van der Waals surface area contributed by atoms with Crippen LogP contribution in [0, 0.1) is 0 Å². The molecule has 4 N–H and O–H groups in total. The summed E-state index contributed by atoms with van der Waals surface area (Å²) in [7, 11) is 1.55. The molecule has 8 heteroatoms. The summed E-state index contributed by atoms with van der Waals surface area (Å²) in [6.45, 7) is 2.95. The fourth-order valence-electron chi connectivity index (χ4n) is 1.58. The van der Waals surface area contributed by atoms with Gasteiger partial charge in [-0.25, -0.2) is 4.79 Å². The Hall–Kier alpha value is -1.83. The number of methoxy groups -OCH3 is 1. The Labute approximate surface area is 124 Å². The second kappa shape index (κ2) is 12.0. The summed E-state index contributed by atoms with van der Waals surface area (Å²) in [5, 5.41) is 16.4. The first-order chi connectivity index (χ1) is 9.95. The Balaban J connectivity index is 3.60. The standard InChI is InChI=1S/C13H25N3O5/c1-10(4-3-5-12(18)19)16-13(20)15-7-6-11(17)14-8-9-21-2/h10H,3-9H2,1-2H3,(H,14,17)(H,18,19)(H2,15,16,20). The summed E-state index contributed by atoms with van der Waals surface area (Å²) in [6.07, 6.45) is 1.40. The number of urea groups is 1. The number of nitrogens with one attached hydrogen (secondary N) is 3. The van der Waals surface area contributed by atoms with Gasteiger partial charge in [-0.1, -0.05) is 0 Å². The van der Waals surface area contributed by atoms with Crippen molar-refractivity contribution in [2.45, 2.75) is 38.6 Å². The van der Waals surface area contributed by atoms with Gasteiger partial charge in [-0.2, -0.15) is 0 Å². The molecule has 0 saturated heterocycles. The largest absolute Gasteiger partial charge is 0.481 e. The van der Waals surface area contributed by atoms with Crippen LogP contribution in [0.15, 0.2) is 0 Å². The minimum atomic E-state index is -0.842. The second-order valence-corrected chi connectivity index (χ2v) is 4.68. The lowest BCUT2D eigenvalue weighted by Crippen LogP contribution is -2.42. The van der Waals surface area contributed by atoms with Gasteiger partial charge in [0.15, 0.2) is 0 Å². The Kier molecular flexibility index (Phi) is 10.9. The van der Waals surface area contributed by atoms with Crippen LogP contribution in [0.1, 0.15) is 32.6 Å². The summed E-state index contributed by atoms with van der Waals surface area (Å²) in [5.74, 6) is -0.993. The van der Waals surface area contributed by atoms with E-state index in [0.717, 1.165) is 0 Å². The molecule has 0 aliphatic rings. The molecule has 0 aromatic rings. The number of aliphatic carboxylic acids is 1. The van der Waals surface area contributed by atoms with Gasteiger partial charge in [0.1, 0.15) is 0 Å². The average molecular weight is 303 g/mol. The molecule has 0 heterocycles. The molecule has 0 rings (SSSR count). The third-order valence-corrected chi connectivity index (χ3v) is 2.67. The van der Waals surface area contributed by atoms with Crippen LogP contribution in [0.4, 0.5) is 4.79 Å². The number of carboxylic acids is 1. The van der Waals surface area contributed by atoms with E-state index >= 15 is 0 Å². The lowest BCUT2D eigenvalue weighted by atomic mass is 10.1. The van der Waals surface area contributed by atoms with Crippen LogP contribution in [0.25, 0.3) is 0 Å². The Bertz CT molecular complexity index is 336. The fraction of sp³-hybridized carbons (Fsp3) is 0.769. The summed E-state index contributed by atoms with van der Waals surface area (Å²) in [5.41, 5.74) is 0. The first-order valence-corrected chi connectivity index (χ1v) is 6.97. The Morgan fingerprint density at radius 1 is 1.14 bits per heavy atom. The molecule has 0 fully saturated rings. The van der Waals surface area contributed by atoms with Gasteiger partial charge >= 0.3 is 12.0 Å². The first kappa shape index (κ1) is 19.2. The number of rotatable bonds is 11. The number of hydrogen-bond donors (Lipinski definition) is 4. The van der Waals surface area contributed by atoms with Gasteiger partial charge in [0.25, 0.3) is 0 Å². The maximum atomic E-state index is 11.5. The van der Waals surface area contributed by atoms with E-state index in [4.69, 9.17) is 9.84 Å². The van der Waals surface area contributed by atoms with Crippen molar-refractivity contribution in [1.29, 1.82) is 0 Å². The van der Waals surface area contributed by atoms with Crippen molar-refractivity contribution in [3.05, 3.63) is 0 Å². The molecular weight excluding hydrogens is 278 g/mol. The molecule has 3 amide bonds. The molecule has 1 unspecified atom stereocenters. The van der Waals surface area contributed by atoms with Gasteiger partial charge < -0.3 is 25.8 Å². The zero-order valence-electron chi connectivity index (χ0n) is 12.6. The molecule has 0 radical (unpaired) electrons. The molecule has 0 spiro atoms. The van der Waals surface area contributed by atoms with Crippen molar-refractivity contribution in [3.63, 3.8) is 0 Å². The Morgan fingerprint density at radius 3 is 2.48 bits per heavy atom. The fourth-order valence-corrected chi connectivity index (χ4v) is 1.58. The van der Waals surface area contributed by atoms with Crippen LogP contribution in [0.3, 0.4) is 0 Å².